The summed E-state index contributed by atoms with van der Waals surface area (Å²) in [6.45, 7) is 1.76. The molecule has 3 aromatic rings. The number of nitrogens with zero attached hydrogens (tertiary/aromatic N) is 1. The van der Waals surface area contributed by atoms with Gasteiger partial charge in [0, 0.05) is 10.7 Å². The Morgan fingerprint density at radius 3 is 2.65 bits per heavy atom. The van der Waals surface area contributed by atoms with Gasteiger partial charge < -0.3 is 14.3 Å². The van der Waals surface area contributed by atoms with E-state index < -0.39 is 29.3 Å². The molecule has 158 valence electrons. The highest BCUT2D eigenvalue weighted by molar-refractivity contribution is 6.52. The minimum absolute atomic E-state index is 0.0557. The maximum absolute atomic E-state index is 13.9. The summed E-state index contributed by atoms with van der Waals surface area (Å²) < 4.78 is 24.6. The first-order valence-corrected chi connectivity index (χ1v) is 9.65. The van der Waals surface area contributed by atoms with Gasteiger partial charge in [-0.15, -0.1) is 0 Å². The van der Waals surface area contributed by atoms with Crippen LogP contribution in [0.4, 0.5) is 10.1 Å². The van der Waals surface area contributed by atoms with Crippen LogP contribution in [0, 0.1) is 12.7 Å². The maximum Gasteiger partial charge on any atom is 0.300 e. The summed E-state index contributed by atoms with van der Waals surface area (Å²) in [5, 5.41) is 11.4. The van der Waals surface area contributed by atoms with Crippen molar-refractivity contribution in [3.8, 4) is 5.75 Å². The molecule has 1 atom stereocenters. The van der Waals surface area contributed by atoms with E-state index in [1.54, 1.807) is 37.3 Å². The molecule has 0 radical (unpaired) electrons. The van der Waals surface area contributed by atoms with Crippen LogP contribution < -0.4 is 9.64 Å². The Bertz CT molecular complexity index is 1220. The van der Waals surface area contributed by atoms with Crippen LogP contribution in [-0.4, -0.2) is 23.9 Å². The number of rotatable bonds is 4. The van der Waals surface area contributed by atoms with Gasteiger partial charge in [0.05, 0.1) is 24.5 Å². The molecule has 2 heterocycles. The number of anilines is 1. The monoisotopic (exact) mass is 441 g/mol. The molecule has 0 bridgehead atoms. The number of halogens is 2. The summed E-state index contributed by atoms with van der Waals surface area (Å²) in [7, 11) is 1.35. The molecule has 1 N–H and O–H groups in total. The number of Topliss-reactive ketones (excluding diaryl/α,β-unsaturated/α-hetero) is 1. The molecule has 1 aliphatic heterocycles. The Balaban J connectivity index is 1.99. The van der Waals surface area contributed by atoms with Gasteiger partial charge in [0.2, 0.25) is 0 Å². The van der Waals surface area contributed by atoms with Crippen LogP contribution in [0.3, 0.4) is 0 Å². The molecule has 1 amide bonds. The summed E-state index contributed by atoms with van der Waals surface area (Å²) >= 11 is 6.14. The number of hydrogen-bond donors (Lipinski definition) is 1. The molecule has 0 saturated carbocycles. The van der Waals surface area contributed by atoms with Crippen molar-refractivity contribution >= 4 is 34.7 Å². The summed E-state index contributed by atoms with van der Waals surface area (Å²) in [4.78, 5) is 27.4. The zero-order chi connectivity index (χ0) is 22.3. The molecular formula is C23H17ClFNO5. The number of furan rings is 1. The second-order valence-electron chi connectivity index (χ2n) is 6.96. The van der Waals surface area contributed by atoms with Gasteiger partial charge in [-0.3, -0.25) is 14.5 Å². The minimum atomic E-state index is -1.08. The second kappa shape index (κ2) is 7.92. The van der Waals surface area contributed by atoms with E-state index in [-0.39, 0.29) is 22.6 Å². The molecule has 1 saturated heterocycles. The van der Waals surface area contributed by atoms with Gasteiger partial charge in [-0.2, -0.15) is 0 Å². The minimum Gasteiger partial charge on any atom is -0.507 e. The number of amides is 1. The van der Waals surface area contributed by atoms with Crippen LogP contribution in [0.15, 0.2) is 64.8 Å². The number of methoxy groups -OCH3 is 1. The van der Waals surface area contributed by atoms with Crippen LogP contribution in [0.25, 0.3) is 5.76 Å². The Hall–Kier alpha value is -3.58. The highest BCUT2D eigenvalue weighted by atomic mass is 35.5. The number of aliphatic hydroxyl groups is 1. The number of carbonyl (C=O) groups is 2. The van der Waals surface area contributed by atoms with Crippen LogP contribution >= 0.6 is 11.6 Å². The van der Waals surface area contributed by atoms with Gasteiger partial charge in [-0.25, -0.2) is 4.39 Å². The van der Waals surface area contributed by atoms with Crippen molar-refractivity contribution in [3.63, 3.8) is 0 Å². The van der Waals surface area contributed by atoms with Crippen molar-refractivity contribution in [1.29, 1.82) is 0 Å². The zero-order valence-electron chi connectivity index (χ0n) is 16.6. The Labute approximate surface area is 182 Å². The first-order chi connectivity index (χ1) is 14.8. The summed E-state index contributed by atoms with van der Waals surface area (Å²) in [5.41, 5.74) is 0.774. The van der Waals surface area contributed by atoms with E-state index >= 15 is 0 Å². The lowest BCUT2D eigenvalue weighted by molar-refractivity contribution is -0.132. The fourth-order valence-electron chi connectivity index (χ4n) is 3.65. The zero-order valence-corrected chi connectivity index (χ0v) is 17.3. The predicted molar refractivity (Wildman–Crippen MR) is 113 cm³/mol. The molecular weight excluding hydrogens is 425 g/mol. The van der Waals surface area contributed by atoms with E-state index in [2.05, 4.69) is 0 Å². The van der Waals surface area contributed by atoms with Crippen molar-refractivity contribution in [2.45, 2.75) is 13.0 Å². The smallest absolute Gasteiger partial charge is 0.300 e. The van der Waals surface area contributed by atoms with Gasteiger partial charge in [-0.05, 0) is 55.0 Å². The normalized spacial score (nSPS) is 17.9. The lowest BCUT2D eigenvalue weighted by Crippen LogP contribution is -2.30. The number of ether oxygens (including phenoxy) is 1. The molecule has 8 heteroatoms. The number of hydrogen-bond acceptors (Lipinski definition) is 5. The van der Waals surface area contributed by atoms with Crippen molar-refractivity contribution in [1.82, 2.24) is 0 Å². The van der Waals surface area contributed by atoms with Gasteiger partial charge in [0.15, 0.2) is 0 Å². The van der Waals surface area contributed by atoms with E-state index in [0.29, 0.717) is 16.3 Å². The summed E-state index contributed by atoms with van der Waals surface area (Å²) in [6, 6.07) is 10.5. The molecule has 0 spiro atoms. The number of carbonyl (C=O) groups excluding carboxylic acids is 2. The van der Waals surface area contributed by atoms with E-state index in [1.165, 1.54) is 24.3 Å². The number of aryl methyl sites for hydroxylation is 1. The SMILES string of the molecule is COc1ccc(F)cc1/C(O)=C1/C(=O)C(=O)N(c2cc(Cl)ccc2C)C1c1ccco1. The molecule has 31 heavy (non-hydrogen) atoms. The van der Waals surface area contributed by atoms with Gasteiger partial charge in [-0.1, -0.05) is 17.7 Å². The van der Waals surface area contributed by atoms with Crippen LogP contribution in [0.2, 0.25) is 5.02 Å². The summed E-state index contributed by atoms with van der Waals surface area (Å²) in [6.07, 6.45) is 1.39. The van der Waals surface area contributed by atoms with Gasteiger partial charge in [0.1, 0.15) is 29.1 Å². The third kappa shape index (κ3) is 3.47. The van der Waals surface area contributed by atoms with Crippen molar-refractivity contribution in [3.05, 3.63) is 88.1 Å². The molecule has 1 unspecified atom stereocenters. The molecule has 4 rings (SSSR count). The van der Waals surface area contributed by atoms with E-state index in [1.807, 2.05) is 0 Å². The first-order valence-electron chi connectivity index (χ1n) is 9.28. The van der Waals surface area contributed by atoms with Crippen molar-refractivity contribution < 1.29 is 28.2 Å². The molecule has 6 nitrogen and oxygen atoms in total. The molecule has 2 aromatic carbocycles. The van der Waals surface area contributed by atoms with Crippen molar-refractivity contribution in [2.75, 3.05) is 12.0 Å². The Morgan fingerprint density at radius 1 is 1.19 bits per heavy atom. The number of aliphatic hydroxyl groups excluding tert-OH is 1. The van der Waals surface area contributed by atoms with Crippen LogP contribution in [0.1, 0.15) is 22.9 Å². The fourth-order valence-corrected chi connectivity index (χ4v) is 3.82. The lowest BCUT2D eigenvalue weighted by Gasteiger charge is -2.25. The lowest BCUT2D eigenvalue weighted by atomic mass is 9.98. The fraction of sp³-hybridized carbons (Fsp3) is 0.130. The molecule has 0 aliphatic carbocycles. The highest BCUT2D eigenvalue weighted by Gasteiger charge is 2.49. The standard InChI is InChI=1S/C23H17ClFNO5/c1-12-5-6-13(24)10-16(12)26-20(18-4-3-9-31-18)19(22(28)23(26)29)21(27)15-11-14(25)7-8-17(15)30-2/h3-11,20,27H,1-2H3/b21-19-. The third-order valence-corrected chi connectivity index (χ3v) is 5.34. The third-order valence-electron chi connectivity index (χ3n) is 5.10. The van der Waals surface area contributed by atoms with E-state index in [9.17, 15) is 19.1 Å². The number of ketones is 1. The largest absolute Gasteiger partial charge is 0.507 e. The van der Waals surface area contributed by atoms with Crippen molar-refractivity contribution in [2.24, 2.45) is 0 Å². The molecule has 1 aliphatic rings. The average Bonchev–Trinajstić information content (AvgIpc) is 3.36. The molecule has 1 aromatic heterocycles. The summed E-state index contributed by atoms with van der Waals surface area (Å²) in [5.74, 6) is -2.64. The van der Waals surface area contributed by atoms with Crippen LogP contribution in [-0.2, 0) is 9.59 Å². The highest BCUT2D eigenvalue weighted by Crippen LogP contribution is 2.44. The second-order valence-corrected chi connectivity index (χ2v) is 7.40. The first kappa shape index (κ1) is 20.7. The maximum atomic E-state index is 13.9. The van der Waals surface area contributed by atoms with Gasteiger partial charge >= 0.3 is 0 Å². The van der Waals surface area contributed by atoms with Gasteiger partial charge in [0.25, 0.3) is 11.7 Å². The Morgan fingerprint density at radius 2 is 1.97 bits per heavy atom. The number of benzene rings is 2. The van der Waals surface area contributed by atoms with E-state index in [4.69, 9.17) is 20.8 Å². The quantitative estimate of drug-likeness (QED) is 0.349. The topological polar surface area (TPSA) is 80.0 Å². The average molecular weight is 442 g/mol. The van der Waals surface area contributed by atoms with E-state index in [0.717, 1.165) is 12.1 Å². The predicted octanol–water partition coefficient (Wildman–Crippen LogP) is 5.02. The Kier molecular flexibility index (Phi) is 5.29. The molecule has 1 fully saturated rings. The van der Waals surface area contributed by atoms with Crippen LogP contribution in [0.5, 0.6) is 5.75 Å².